The van der Waals surface area contributed by atoms with Crippen LogP contribution < -0.4 is 5.73 Å². The van der Waals surface area contributed by atoms with Crippen molar-refractivity contribution in [1.82, 2.24) is 14.7 Å². The third-order valence-corrected chi connectivity index (χ3v) is 9.87. The maximum Gasteiger partial charge on any atom is 0.255 e. The van der Waals surface area contributed by atoms with E-state index in [9.17, 15) is 34.8 Å². The van der Waals surface area contributed by atoms with E-state index in [4.69, 9.17) is 5.73 Å². The zero-order valence-electron chi connectivity index (χ0n) is 29.1. The lowest BCUT2D eigenvalue weighted by Crippen LogP contribution is -2.65. The molecule has 2 unspecified atom stereocenters. The number of fused-ring (bicyclic) bond motifs is 3. The molecule has 1 fully saturated rings. The molecule has 1 saturated carbocycles. The van der Waals surface area contributed by atoms with E-state index in [0.717, 1.165) is 16.7 Å². The maximum atomic E-state index is 13.9. The van der Waals surface area contributed by atoms with Crippen molar-refractivity contribution in [3.8, 4) is 16.9 Å². The van der Waals surface area contributed by atoms with Crippen molar-refractivity contribution < 1.29 is 34.8 Å². The lowest BCUT2D eigenvalue weighted by molar-refractivity contribution is -0.153. The minimum Gasteiger partial charge on any atom is -0.508 e. The summed E-state index contributed by atoms with van der Waals surface area (Å²) in [7, 11) is 9.57. The van der Waals surface area contributed by atoms with Gasteiger partial charge in [0, 0.05) is 11.5 Å². The highest BCUT2D eigenvalue weighted by molar-refractivity contribution is 6.24. The average molecular weight is 663 g/mol. The number of phenolic OH excluding ortho intramolecular Hbond substituents is 1. The molecule has 4 atom stereocenters. The van der Waals surface area contributed by atoms with Gasteiger partial charge in [-0.2, -0.15) is 0 Å². The molecule has 2 aromatic carbocycles. The first-order chi connectivity index (χ1) is 22.6. The van der Waals surface area contributed by atoms with Crippen LogP contribution in [0.2, 0.25) is 0 Å². The van der Waals surface area contributed by atoms with E-state index < -0.39 is 58.0 Å². The van der Waals surface area contributed by atoms with Crippen LogP contribution in [0.3, 0.4) is 0 Å². The standard InChI is InChI=1S/C28H28N2O7.C9H22N2/c1-12-5-4-6-13(9-12)15-7-8-18(31)20-16(15)10-14-11-17-22(30(2)3)24(33)21(27(29)36)26(35)28(17,37)25(34)19(14)23(20)32;1-5-11(4)9-7-6-8-10(2)3/h4-9,14,17,22,31-32,35,37H,10-11H2,1-3H3,(H2,29,36);5-9H2,1-4H3/t14?,17?,22-,28-;/m0./s1. The molecule has 0 aromatic heterocycles. The number of likely N-dealkylation sites (N-methyl/N-ethyl adjacent to an activating group) is 1. The summed E-state index contributed by atoms with van der Waals surface area (Å²) >= 11 is 0. The first-order valence-electron chi connectivity index (χ1n) is 16.5. The fraction of sp³-hybridized carbons (Fsp3) is 0.486. The summed E-state index contributed by atoms with van der Waals surface area (Å²) in [6, 6.07) is 9.82. The molecule has 3 aliphatic rings. The molecule has 0 bridgehead atoms. The van der Waals surface area contributed by atoms with Gasteiger partial charge < -0.3 is 36.0 Å². The number of nitrogens with zero attached hydrogens (tertiary/aromatic N) is 3. The lowest BCUT2D eigenvalue weighted by atomic mass is 9.57. The first-order valence-corrected chi connectivity index (χ1v) is 16.5. The lowest BCUT2D eigenvalue weighted by Gasteiger charge is -2.50. The number of carbonyl (C=O) groups is 3. The van der Waals surface area contributed by atoms with Gasteiger partial charge in [-0.15, -0.1) is 0 Å². The van der Waals surface area contributed by atoms with Crippen molar-refractivity contribution in [3.63, 3.8) is 0 Å². The molecule has 2 aromatic rings. The van der Waals surface area contributed by atoms with Crippen molar-refractivity contribution in [3.05, 3.63) is 70.0 Å². The van der Waals surface area contributed by atoms with Crippen LogP contribution in [0.1, 0.15) is 42.9 Å². The van der Waals surface area contributed by atoms with Gasteiger partial charge in [0.1, 0.15) is 22.8 Å². The van der Waals surface area contributed by atoms with Crippen LogP contribution >= 0.6 is 0 Å². The van der Waals surface area contributed by atoms with E-state index in [1.165, 1.54) is 43.4 Å². The van der Waals surface area contributed by atoms with E-state index in [1.807, 2.05) is 31.2 Å². The Morgan fingerprint density at radius 1 is 1.00 bits per heavy atom. The number of primary amides is 1. The zero-order chi connectivity index (χ0) is 35.7. The number of benzene rings is 2. The Morgan fingerprint density at radius 2 is 1.67 bits per heavy atom. The summed E-state index contributed by atoms with van der Waals surface area (Å²) in [5.74, 6) is -6.61. The molecule has 5 rings (SSSR count). The van der Waals surface area contributed by atoms with Gasteiger partial charge in [-0.05, 0) is 116 Å². The Balaban J connectivity index is 0.000000408. The molecule has 6 N–H and O–H groups in total. The Hall–Kier alpha value is -4.03. The SMILES string of the molecule is CCN(C)CCCCN(C)C.Cc1cccc(-c2ccc(O)c3c2CC2CC4[C@H](N(C)C)C(=O)C(C(N)=O)=C(O)[C@@]4(O)C(=O)C2=C3O)c1. The second-order valence-corrected chi connectivity index (χ2v) is 13.7. The van der Waals surface area contributed by atoms with Crippen LogP contribution in [-0.2, 0) is 20.8 Å². The monoisotopic (exact) mass is 662 g/mol. The van der Waals surface area contributed by atoms with Crippen LogP contribution in [0.5, 0.6) is 5.75 Å². The largest absolute Gasteiger partial charge is 0.508 e. The van der Waals surface area contributed by atoms with Gasteiger partial charge in [-0.25, -0.2) is 0 Å². The minimum atomic E-state index is -2.64. The number of Topliss-reactive ketones (excluding diaryl/α,β-unsaturated/α-hetero) is 2. The number of aryl methyl sites for hydroxylation is 1. The highest BCUT2D eigenvalue weighted by Crippen LogP contribution is 2.53. The van der Waals surface area contributed by atoms with Crippen LogP contribution in [0.15, 0.2) is 53.3 Å². The average Bonchev–Trinajstić information content (AvgIpc) is 3.01. The van der Waals surface area contributed by atoms with Crippen molar-refractivity contribution in [2.45, 2.75) is 51.2 Å². The van der Waals surface area contributed by atoms with E-state index in [-0.39, 0.29) is 29.7 Å². The number of nitrogens with two attached hydrogens (primary N) is 1. The van der Waals surface area contributed by atoms with E-state index in [2.05, 4.69) is 37.9 Å². The number of ketones is 2. The van der Waals surface area contributed by atoms with Gasteiger partial charge in [-0.3, -0.25) is 19.3 Å². The number of hydrogen-bond acceptors (Lipinski definition) is 10. The number of hydrogen-bond donors (Lipinski definition) is 5. The third-order valence-electron chi connectivity index (χ3n) is 9.87. The van der Waals surface area contributed by atoms with Crippen molar-refractivity contribution in [2.24, 2.45) is 17.6 Å². The molecule has 0 aliphatic heterocycles. The fourth-order valence-electron chi connectivity index (χ4n) is 7.29. The second-order valence-electron chi connectivity index (χ2n) is 13.7. The molecule has 0 heterocycles. The summed E-state index contributed by atoms with van der Waals surface area (Å²) in [5, 5.41) is 44.6. The number of aromatic hydroxyl groups is 1. The number of unbranched alkanes of at least 4 members (excludes halogenated alkanes) is 1. The van der Waals surface area contributed by atoms with Gasteiger partial charge in [0.2, 0.25) is 5.78 Å². The van der Waals surface area contributed by atoms with Gasteiger partial charge in [0.05, 0.1) is 11.6 Å². The van der Waals surface area contributed by atoms with E-state index in [1.54, 1.807) is 20.2 Å². The third kappa shape index (κ3) is 6.78. The second kappa shape index (κ2) is 14.6. The van der Waals surface area contributed by atoms with E-state index in [0.29, 0.717) is 5.56 Å². The molecule has 48 heavy (non-hydrogen) atoms. The summed E-state index contributed by atoms with van der Waals surface area (Å²) in [6.45, 7) is 7.78. The van der Waals surface area contributed by atoms with Crippen LogP contribution in [-0.4, -0.2) is 119 Å². The number of rotatable bonds is 9. The molecule has 3 aliphatic carbocycles. The predicted octanol–water partition coefficient (Wildman–Crippen LogP) is 3.22. The number of aliphatic hydroxyl groups is 3. The van der Waals surface area contributed by atoms with Crippen LogP contribution in [0.25, 0.3) is 16.9 Å². The number of amides is 1. The van der Waals surface area contributed by atoms with Crippen molar-refractivity contribution >= 4 is 23.2 Å². The predicted molar refractivity (Wildman–Crippen MR) is 185 cm³/mol. The minimum absolute atomic E-state index is 0.0503. The van der Waals surface area contributed by atoms with Crippen LogP contribution in [0, 0.1) is 18.8 Å². The van der Waals surface area contributed by atoms with Gasteiger partial charge in [0.25, 0.3) is 5.91 Å². The number of phenols is 1. The highest BCUT2D eigenvalue weighted by Gasteiger charge is 2.64. The normalized spacial score (nSPS) is 23.6. The molecule has 11 heteroatoms. The Labute approximate surface area is 283 Å². The van der Waals surface area contributed by atoms with Crippen molar-refractivity contribution in [2.75, 3.05) is 54.9 Å². The molecular weight excluding hydrogens is 612 g/mol. The Kier molecular flexibility index (Phi) is 11.2. The number of carbonyl (C=O) groups excluding carboxylic acids is 3. The summed E-state index contributed by atoms with van der Waals surface area (Å²) in [6.07, 6.45) is 2.93. The molecule has 0 radical (unpaired) electrons. The highest BCUT2D eigenvalue weighted by atomic mass is 16.3. The Morgan fingerprint density at radius 3 is 2.25 bits per heavy atom. The molecule has 0 spiro atoms. The van der Waals surface area contributed by atoms with E-state index >= 15 is 0 Å². The molecule has 260 valence electrons. The van der Waals surface area contributed by atoms with Crippen molar-refractivity contribution in [1.29, 1.82) is 0 Å². The molecule has 11 nitrogen and oxygen atoms in total. The zero-order valence-corrected chi connectivity index (χ0v) is 29.1. The Bertz CT molecular complexity index is 1650. The number of aliphatic hydroxyl groups excluding tert-OH is 2. The topological polar surface area (TPSA) is 168 Å². The molecular formula is C37H50N4O7. The summed E-state index contributed by atoms with van der Waals surface area (Å²) in [5.41, 5.74) is 5.10. The fourth-order valence-corrected chi connectivity index (χ4v) is 7.29. The van der Waals surface area contributed by atoms with Gasteiger partial charge in [0.15, 0.2) is 11.4 Å². The maximum absolute atomic E-state index is 13.9. The summed E-state index contributed by atoms with van der Waals surface area (Å²) < 4.78 is 0. The quantitative estimate of drug-likeness (QED) is 0.199. The molecule has 1 amide bonds. The van der Waals surface area contributed by atoms with Gasteiger partial charge >= 0.3 is 0 Å². The first kappa shape index (κ1) is 36.8. The summed E-state index contributed by atoms with van der Waals surface area (Å²) in [4.78, 5) is 45.2. The van der Waals surface area contributed by atoms with Crippen LogP contribution in [0.4, 0.5) is 0 Å². The molecule has 0 saturated heterocycles. The smallest absolute Gasteiger partial charge is 0.255 e. The van der Waals surface area contributed by atoms with Gasteiger partial charge in [-0.1, -0.05) is 42.8 Å².